The van der Waals surface area contributed by atoms with Crippen molar-refractivity contribution in [2.75, 3.05) is 17.7 Å². The second kappa shape index (κ2) is 5.43. The van der Waals surface area contributed by atoms with Crippen LogP contribution >= 0.6 is 0 Å². The molecule has 0 aromatic carbocycles. The number of aryl methyl sites for hydroxylation is 1. The van der Waals surface area contributed by atoms with Gasteiger partial charge in [0.1, 0.15) is 17.5 Å². The van der Waals surface area contributed by atoms with E-state index < -0.39 is 5.82 Å². The van der Waals surface area contributed by atoms with E-state index in [1.165, 1.54) is 12.1 Å². The third-order valence-electron chi connectivity index (χ3n) is 2.44. The van der Waals surface area contributed by atoms with Crippen LogP contribution in [-0.4, -0.2) is 22.9 Å². The van der Waals surface area contributed by atoms with E-state index in [4.69, 9.17) is 0 Å². The van der Waals surface area contributed by atoms with E-state index in [1.54, 1.807) is 26.1 Å². The number of anilines is 2. The molecule has 19 heavy (non-hydrogen) atoms. The van der Waals surface area contributed by atoms with Gasteiger partial charge in [-0.3, -0.25) is 4.79 Å². The van der Waals surface area contributed by atoms with E-state index >= 15 is 0 Å². The molecule has 1 amide bonds. The zero-order valence-corrected chi connectivity index (χ0v) is 10.6. The summed E-state index contributed by atoms with van der Waals surface area (Å²) >= 11 is 0. The molecule has 0 unspecified atom stereocenters. The second-order valence-electron chi connectivity index (χ2n) is 3.95. The normalized spacial score (nSPS) is 10.1. The molecule has 2 heterocycles. The minimum absolute atomic E-state index is 0.298. The number of amides is 1. The molecular formula is C13H13FN4O. The molecule has 0 bridgehead atoms. The number of carbonyl (C=O) groups excluding carboxylic acids is 1. The Labute approximate surface area is 109 Å². The minimum Gasteiger partial charge on any atom is -0.373 e. The first-order chi connectivity index (χ1) is 9.08. The molecule has 0 aliphatic carbocycles. The zero-order valence-electron chi connectivity index (χ0n) is 10.6. The molecule has 0 aliphatic heterocycles. The monoisotopic (exact) mass is 260 g/mol. The lowest BCUT2D eigenvalue weighted by Gasteiger charge is -2.07. The van der Waals surface area contributed by atoms with Crippen molar-refractivity contribution < 1.29 is 9.18 Å². The number of nitrogens with one attached hydrogen (secondary N) is 2. The average molecular weight is 260 g/mol. The van der Waals surface area contributed by atoms with Crippen molar-refractivity contribution >= 4 is 17.5 Å². The van der Waals surface area contributed by atoms with Gasteiger partial charge in [-0.15, -0.1) is 0 Å². The second-order valence-corrected chi connectivity index (χ2v) is 3.95. The van der Waals surface area contributed by atoms with Gasteiger partial charge in [0.05, 0.1) is 6.20 Å². The van der Waals surface area contributed by atoms with E-state index in [1.807, 2.05) is 0 Å². The van der Waals surface area contributed by atoms with E-state index in [9.17, 15) is 9.18 Å². The summed E-state index contributed by atoms with van der Waals surface area (Å²) in [4.78, 5) is 20.0. The summed E-state index contributed by atoms with van der Waals surface area (Å²) < 4.78 is 12.7. The van der Waals surface area contributed by atoms with Crippen LogP contribution < -0.4 is 10.6 Å². The van der Waals surface area contributed by atoms with Crippen molar-refractivity contribution in [2.45, 2.75) is 6.92 Å². The number of rotatable bonds is 3. The fourth-order valence-corrected chi connectivity index (χ4v) is 1.57. The molecular weight excluding hydrogens is 247 g/mol. The molecule has 98 valence electrons. The molecule has 0 fully saturated rings. The minimum atomic E-state index is -0.449. The van der Waals surface area contributed by atoms with E-state index in [0.717, 1.165) is 11.9 Å². The fourth-order valence-electron chi connectivity index (χ4n) is 1.57. The molecule has 2 N–H and O–H groups in total. The van der Waals surface area contributed by atoms with Crippen LogP contribution in [0.25, 0.3) is 0 Å². The van der Waals surface area contributed by atoms with Gasteiger partial charge in [-0.2, -0.15) is 0 Å². The van der Waals surface area contributed by atoms with Crippen LogP contribution in [-0.2, 0) is 0 Å². The van der Waals surface area contributed by atoms with Gasteiger partial charge in [0, 0.05) is 18.3 Å². The SMILES string of the molecule is CNc1cc(C(=O)Nc2ccc(F)cn2)cc(C)n1. The summed E-state index contributed by atoms with van der Waals surface area (Å²) in [6.07, 6.45) is 1.05. The summed E-state index contributed by atoms with van der Waals surface area (Å²) in [5.74, 6) is 0.139. The quantitative estimate of drug-likeness (QED) is 0.888. The fraction of sp³-hybridized carbons (Fsp3) is 0.154. The third-order valence-corrected chi connectivity index (χ3v) is 2.44. The summed E-state index contributed by atoms with van der Waals surface area (Å²) in [6.45, 7) is 1.80. The van der Waals surface area contributed by atoms with Crippen LogP contribution in [0.5, 0.6) is 0 Å². The van der Waals surface area contributed by atoms with Crippen LogP contribution in [0.4, 0.5) is 16.0 Å². The van der Waals surface area contributed by atoms with Gasteiger partial charge in [0.2, 0.25) is 0 Å². The first kappa shape index (κ1) is 12.9. The number of nitrogens with zero attached hydrogens (tertiary/aromatic N) is 2. The highest BCUT2D eigenvalue weighted by molar-refractivity contribution is 6.04. The maximum Gasteiger partial charge on any atom is 0.257 e. The Balaban J connectivity index is 2.20. The van der Waals surface area contributed by atoms with Gasteiger partial charge in [-0.25, -0.2) is 14.4 Å². The van der Waals surface area contributed by atoms with Gasteiger partial charge in [0.25, 0.3) is 5.91 Å². The Bertz CT molecular complexity index is 598. The molecule has 0 aliphatic rings. The highest BCUT2D eigenvalue weighted by atomic mass is 19.1. The van der Waals surface area contributed by atoms with Crippen molar-refractivity contribution in [3.8, 4) is 0 Å². The molecule has 0 radical (unpaired) electrons. The number of hydrogen-bond acceptors (Lipinski definition) is 4. The molecule has 2 rings (SSSR count). The number of pyridine rings is 2. The van der Waals surface area contributed by atoms with Crippen molar-refractivity contribution in [3.05, 3.63) is 47.5 Å². The van der Waals surface area contributed by atoms with Crippen LogP contribution in [0.15, 0.2) is 30.5 Å². The lowest BCUT2D eigenvalue weighted by molar-refractivity contribution is 0.102. The number of hydrogen-bond donors (Lipinski definition) is 2. The first-order valence-corrected chi connectivity index (χ1v) is 5.68. The molecule has 2 aromatic rings. The van der Waals surface area contributed by atoms with Gasteiger partial charge >= 0.3 is 0 Å². The average Bonchev–Trinajstić information content (AvgIpc) is 2.40. The molecule has 2 aromatic heterocycles. The molecule has 0 spiro atoms. The van der Waals surface area contributed by atoms with E-state index in [0.29, 0.717) is 17.2 Å². The van der Waals surface area contributed by atoms with Crippen molar-refractivity contribution in [1.82, 2.24) is 9.97 Å². The standard InChI is InChI=1S/C13H13FN4O/c1-8-5-9(6-12(15-2)17-8)13(19)18-11-4-3-10(14)7-16-11/h3-7H,1-2H3,(H,15,17)(H,16,18,19). The Kier molecular flexibility index (Phi) is 3.70. The molecule has 6 heteroatoms. The molecule has 0 saturated heterocycles. The van der Waals surface area contributed by atoms with Gasteiger partial charge in [0.15, 0.2) is 0 Å². The van der Waals surface area contributed by atoms with Crippen molar-refractivity contribution in [3.63, 3.8) is 0 Å². The molecule has 0 atom stereocenters. The van der Waals surface area contributed by atoms with Gasteiger partial charge in [-0.1, -0.05) is 0 Å². The predicted octanol–water partition coefficient (Wildman–Crippen LogP) is 2.22. The largest absolute Gasteiger partial charge is 0.373 e. The van der Waals surface area contributed by atoms with Crippen molar-refractivity contribution in [1.29, 1.82) is 0 Å². The molecule has 0 saturated carbocycles. The summed E-state index contributed by atoms with van der Waals surface area (Å²) in [7, 11) is 1.73. The lowest BCUT2D eigenvalue weighted by Crippen LogP contribution is -2.14. The summed E-state index contributed by atoms with van der Waals surface area (Å²) in [5.41, 5.74) is 1.19. The Morgan fingerprint density at radius 1 is 1.26 bits per heavy atom. The Morgan fingerprint density at radius 3 is 2.68 bits per heavy atom. The highest BCUT2D eigenvalue weighted by Crippen LogP contribution is 2.12. The van der Waals surface area contributed by atoms with Gasteiger partial charge < -0.3 is 10.6 Å². The summed E-state index contributed by atoms with van der Waals surface area (Å²) in [6, 6.07) is 5.94. The summed E-state index contributed by atoms with van der Waals surface area (Å²) in [5, 5.41) is 5.47. The number of aromatic nitrogens is 2. The lowest BCUT2D eigenvalue weighted by atomic mass is 10.2. The Hall–Kier alpha value is -2.50. The smallest absolute Gasteiger partial charge is 0.257 e. The Morgan fingerprint density at radius 2 is 2.05 bits per heavy atom. The predicted molar refractivity (Wildman–Crippen MR) is 70.7 cm³/mol. The van der Waals surface area contributed by atoms with Crippen molar-refractivity contribution in [2.24, 2.45) is 0 Å². The third kappa shape index (κ3) is 3.25. The number of carbonyl (C=O) groups is 1. The zero-order chi connectivity index (χ0) is 13.8. The van der Waals surface area contributed by atoms with Crippen LogP contribution in [0, 0.1) is 12.7 Å². The highest BCUT2D eigenvalue weighted by Gasteiger charge is 2.09. The maximum atomic E-state index is 12.7. The molecule has 5 nitrogen and oxygen atoms in total. The van der Waals surface area contributed by atoms with Crippen LogP contribution in [0.3, 0.4) is 0 Å². The van der Waals surface area contributed by atoms with Gasteiger partial charge in [-0.05, 0) is 31.2 Å². The topological polar surface area (TPSA) is 66.9 Å². The van der Waals surface area contributed by atoms with Crippen LogP contribution in [0.2, 0.25) is 0 Å². The maximum absolute atomic E-state index is 12.7. The number of halogens is 1. The van der Waals surface area contributed by atoms with Crippen LogP contribution in [0.1, 0.15) is 16.1 Å². The van der Waals surface area contributed by atoms with E-state index in [2.05, 4.69) is 20.6 Å². The van der Waals surface area contributed by atoms with E-state index in [-0.39, 0.29) is 5.91 Å². The first-order valence-electron chi connectivity index (χ1n) is 5.68.